The van der Waals surface area contributed by atoms with Crippen molar-refractivity contribution in [2.75, 3.05) is 0 Å². The summed E-state index contributed by atoms with van der Waals surface area (Å²) in [6, 6.07) is 25.0. The van der Waals surface area contributed by atoms with E-state index >= 15 is 0 Å². The van der Waals surface area contributed by atoms with Crippen LogP contribution in [-0.4, -0.2) is 0 Å². The molecule has 1 heterocycles. The van der Waals surface area contributed by atoms with E-state index in [2.05, 4.69) is 0 Å². The maximum Gasteiger partial charge on any atom is 0.136 e. The van der Waals surface area contributed by atoms with E-state index in [9.17, 15) is 4.39 Å². The number of benzene rings is 3. The summed E-state index contributed by atoms with van der Waals surface area (Å²) in [5, 5.41) is 0. The van der Waals surface area contributed by atoms with Gasteiger partial charge >= 0.3 is 0 Å². The lowest BCUT2D eigenvalue weighted by Gasteiger charge is -2.37. The molecule has 3 aromatic rings. The van der Waals surface area contributed by atoms with Gasteiger partial charge < -0.3 is 4.74 Å². The van der Waals surface area contributed by atoms with Gasteiger partial charge in [0.25, 0.3) is 0 Å². The van der Waals surface area contributed by atoms with Crippen molar-refractivity contribution in [3.8, 4) is 0 Å². The van der Waals surface area contributed by atoms with Crippen LogP contribution in [0.25, 0.3) is 11.3 Å². The Kier molecular flexibility index (Phi) is 3.69. The molecule has 1 aliphatic rings. The van der Waals surface area contributed by atoms with Crippen LogP contribution in [0.1, 0.15) is 36.1 Å². The summed E-state index contributed by atoms with van der Waals surface area (Å²) in [4.78, 5) is 0. The fourth-order valence-corrected chi connectivity index (χ4v) is 3.43. The first-order valence-corrected chi connectivity index (χ1v) is 8.41. The maximum atomic E-state index is 14.9. The van der Waals surface area contributed by atoms with Crippen LogP contribution in [-0.2, 0) is 10.3 Å². The Balaban J connectivity index is 2.10. The Hall–Kier alpha value is -2.87. The molecular formula is C23H19FO. The highest BCUT2D eigenvalue weighted by Gasteiger charge is 2.36. The highest BCUT2D eigenvalue weighted by Crippen LogP contribution is 2.47. The third kappa shape index (κ3) is 2.64. The van der Waals surface area contributed by atoms with Crippen LogP contribution in [0.15, 0.2) is 78.9 Å². The molecule has 0 fully saturated rings. The van der Waals surface area contributed by atoms with Crippen molar-refractivity contribution in [3.63, 3.8) is 0 Å². The number of halogens is 1. The minimum atomic E-state index is -0.610. The quantitative estimate of drug-likeness (QED) is 0.559. The van der Waals surface area contributed by atoms with E-state index in [0.29, 0.717) is 5.56 Å². The second-order valence-electron chi connectivity index (χ2n) is 6.71. The zero-order chi connectivity index (χ0) is 17.4. The molecule has 0 atom stereocenters. The van der Waals surface area contributed by atoms with Gasteiger partial charge in [0.1, 0.15) is 17.2 Å². The summed E-state index contributed by atoms with van der Waals surface area (Å²) in [6.45, 7) is 3.96. The van der Waals surface area contributed by atoms with Crippen molar-refractivity contribution in [2.45, 2.75) is 19.4 Å². The molecule has 0 saturated carbocycles. The lowest BCUT2D eigenvalue weighted by molar-refractivity contribution is 0.0716. The van der Waals surface area contributed by atoms with Crippen molar-refractivity contribution in [3.05, 3.63) is 107 Å². The molecule has 0 unspecified atom stereocenters. The van der Waals surface area contributed by atoms with Crippen molar-refractivity contribution >= 4 is 11.3 Å². The highest BCUT2D eigenvalue weighted by molar-refractivity contribution is 5.98. The second kappa shape index (κ2) is 5.89. The van der Waals surface area contributed by atoms with Gasteiger partial charge in [-0.25, -0.2) is 4.39 Å². The zero-order valence-corrected chi connectivity index (χ0v) is 14.3. The lowest BCUT2D eigenvalue weighted by atomic mass is 9.82. The van der Waals surface area contributed by atoms with E-state index in [4.69, 9.17) is 4.74 Å². The van der Waals surface area contributed by atoms with Crippen LogP contribution in [0.2, 0.25) is 0 Å². The van der Waals surface area contributed by atoms with Crippen LogP contribution in [0.3, 0.4) is 0 Å². The van der Waals surface area contributed by atoms with E-state index < -0.39 is 5.60 Å². The lowest BCUT2D eigenvalue weighted by Crippen LogP contribution is -2.28. The predicted molar refractivity (Wildman–Crippen MR) is 99.3 cm³/mol. The monoisotopic (exact) mass is 330 g/mol. The Morgan fingerprint density at radius 2 is 1.32 bits per heavy atom. The van der Waals surface area contributed by atoms with Gasteiger partial charge in [-0.05, 0) is 25.5 Å². The third-order valence-corrected chi connectivity index (χ3v) is 4.59. The molecule has 1 nitrogen and oxygen atoms in total. The van der Waals surface area contributed by atoms with Gasteiger partial charge in [-0.1, -0.05) is 72.8 Å². The van der Waals surface area contributed by atoms with Gasteiger partial charge in [-0.2, -0.15) is 0 Å². The van der Waals surface area contributed by atoms with E-state index in [-0.39, 0.29) is 5.82 Å². The topological polar surface area (TPSA) is 9.23 Å². The summed E-state index contributed by atoms with van der Waals surface area (Å²) in [7, 11) is 0. The summed E-state index contributed by atoms with van der Waals surface area (Å²) in [5.41, 5.74) is 3.58. The Bertz CT molecular complexity index is 940. The molecule has 0 bridgehead atoms. The Morgan fingerprint density at radius 3 is 1.96 bits per heavy atom. The summed E-state index contributed by atoms with van der Waals surface area (Å²) in [5.74, 6) is 0.496. The summed E-state index contributed by atoms with van der Waals surface area (Å²) in [6.07, 6.45) is 0. The number of hydrogen-bond donors (Lipinski definition) is 0. The number of rotatable bonds is 2. The van der Waals surface area contributed by atoms with E-state index in [0.717, 1.165) is 28.0 Å². The van der Waals surface area contributed by atoms with Crippen LogP contribution in [0.4, 0.5) is 4.39 Å². The zero-order valence-electron chi connectivity index (χ0n) is 14.3. The molecule has 0 N–H and O–H groups in total. The average Bonchev–Trinajstić information content (AvgIpc) is 2.63. The molecule has 0 spiro atoms. The average molecular weight is 330 g/mol. The molecule has 0 radical (unpaired) electrons. The van der Waals surface area contributed by atoms with Crippen LogP contribution in [0, 0.1) is 5.82 Å². The van der Waals surface area contributed by atoms with Gasteiger partial charge in [0.2, 0.25) is 0 Å². The Morgan fingerprint density at radius 1 is 0.720 bits per heavy atom. The van der Waals surface area contributed by atoms with Crippen LogP contribution >= 0.6 is 0 Å². The van der Waals surface area contributed by atoms with Gasteiger partial charge in [0.05, 0.1) is 0 Å². The fraction of sp³-hybridized carbons (Fsp3) is 0.130. The van der Waals surface area contributed by atoms with Crippen LogP contribution < -0.4 is 0 Å². The predicted octanol–water partition coefficient (Wildman–Crippen LogP) is 6.01. The molecule has 0 aliphatic carbocycles. The molecule has 0 aromatic heterocycles. The summed E-state index contributed by atoms with van der Waals surface area (Å²) >= 11 is 0. The number of ether oxygens (including phenoxy) is 1. The standard InChI is InChI=1S/C23H19FO/c1-23(2)18-14-9-15-19(24)21(18)20(16-10-5-3-6-11-16)22(25-23)17-12-7-4-8-13-17/h3-15H,1-2H3. The minimum Gasteiger partial charge on any atom is -0.482 e. The molecule has 25 heavy (non-hydrogen) atoms. The smallest absolute Gasteiger partial charge is 0.136 e. The largest absolute Gasteiger partial charge is 0.482 e. The van der Waals surface area contributed by atoms with Gasteiger partial charge in [-0.15, -0.1) is 0 Å². The minimum absolute atomic E-state index is 0.221. The first-order chi connectivity index (χ1) is 12.1. The number of hydrogen-bond acceptors (Lipinski definition) is 1. The molecule has 2 heteroatoms. The highest BCUT2D eigenvalue weighted by atomic mass is 19.1. The van der Waals surface area contributed by atoms with Crippen molar-refractivity contribution < 1.29 is 9.13 Å². The SMILES string of the molecule is CC1(C)OC(c2ccccc2)=C(c2ccccc2)c2c(F)cccc21. The van der Waals surface area contributed by atoms with Crippen molar-refractivity contribution in [1.82, 2.24) is 0 Å². The van der Waals surface area contributed by atoms with Gasteiger partial charge in [0.15, 0.2) is 0 Å². The molecule has 4 rings (SSSR count). The van der Waals surface area contributed by atoms with Gasteiger partial charge in [0, 0.05) is 22.3 Å². The first-order valence-electron chi connectivity index (χ1n) is 8.41. The Labute approximate surface area is 147 Å². The van der Waals surface area contributed by atoms with Gasteiger partial charge in [-0.3, -0.25) is 0 Å². The van der Waals surface area contributed by atoms with E-state index in [1.165, 1.54) is 6.07 Å². The van der Waals surface area contributed by atoms with E-state index in [1.54, 1.807) is 6.07 Å². The molecule has 0 saturated heterocycles. The summed E-state index contributed by atoms with van der Waals surface area (Å²) < 4.78 is 21.4. The first kappa shape index (κ1) is 15.6. The molecule has 3 aromatic carbocycles. The normalized spacial score (nSPS) is 15.5. The maximum absolute atomic E-state index is 14.9. The van der Waals surface area contributed by atoms with Crippen molar-refractivity contribution in [1.29, 1.82) is 0 Å². The fourth-order valence-electron chi connectivity index (χ4n) is 3.43. The molecule has 0 amide bonds. The molecular weight excluding hydrogens is 311 g/mol. The number of fused-ring (bicyclic) bond motifs is 1. The van der Waals surface area contributed by atoms with Crippen molar-refractivity contribution in [2.24, 2.45) is 0 Å². The second-order valence-corrected chi connectivity index (χ2v) is 6.71. The molecule has 1 aliphatic heterocycles. The van der Waals surface area contributed by atoms with E-state index in [1.807, 2.05) is 80.6 Å². The third-order valence-electron chi connectivity index (χ3n) is 4.59. The van der Waals surface area contributed by atoms with Crippen LogP contribution in [0.5, 0.6) is 0 Å². The molecule has 124 valence electrons.